The molecule has 2 aliphatic rings. The second-order valence-electron chi connectivity index (χ2n) is 9.14. The summed E-state index contributed by atoms with van der Waals surface area (Å²) in [6.45, 7) is 0. The van der Waals surface area contributed by atoms with Crippen molar-refractivity contribution in [2.45, 2.75) is 33.9 Å². The molecule has 0 amide bonds. The van der Waals surface area contributed by atoms with Crippen molar-refractivity contribution in [2.24, 2.45) is 5.92 Å². The number of thioether (sulfide) groups is 1. The van der Waals surface area contributed by atoms with Crippen LogP contribution >= 0.6 is 23.4 Å². The molecule has 1 heterocycles. The SMILES string of the molecule is O=[N+]([O-])c1ccccc1S[C@H]1C[C@@H]2[C@@H](c3c(ccc4ccccc34)N[C@H]2c2ccccc2F)[C@H]1Cl. The molecule has 4 aromatic rings. The van der Waals surface area contributed by atoms with Crippen LogP contribution in [0.2, 0.25) is 0 Å². The van der Waals surface area contributed by atoms with Gasteiger partial charge in [0.15, 0.2) is 0 Å². The first-order chi connectivity index (χ1) is 17.0. The molecule has 6 rings (SSSR count). The molecule has 35 heavy (non-hydrogen) atoms. The predicted molar refractivity (Wildman–Crippen MR) is 140 cm³/mol. The van der Waals surface area contributed by atoms with E-state index in [2.05, 4.69) is 29.6 Å². The van der Waals surface area contributed by atoms with Crippen molar-refractivity contribution >= 4 is 45.5 Å². The monoisotopic (exact) mass is 504 g/mol. The van der Waals surface area contributed by atoms with Gasteiger partial charge >= 0.3 is 0 Å². The van der Waals surface area contributed by atoms with Crippen LogP contribution in [-0.2, 0) is 0 Å². The molecule has 4 aromatic carbocycles. The molecule has 176 valence electrons. The zero-order chi connectivity index (χ0) is 24.1. The number of nitrogens with one attached hydrogen (secondary N) is 1. The Bertz CT molecular complexity index is 1450. The number of para-hydroxylation sites is 1. The van der Waals surface area contributed by atoms with E-state index >= 15 is 0 Å². The summed E-state index contributed by atoms with van der Waals surface area (Å²) < 4.78 is 15.0. The molecule has 1 saturated carbocycles. The van der Waals surface area contributed by atoms with Crippen LogP contribution in [-0.4, -0.2) is 15.6 Å². The summed E-state index contributed by atoms with van der Waals surface area (Å²) >= 11 is 8.71. The van der Waals surface area contributed by atoms with Gasteiger partial charge < -0.3 is 5.32 Å². The fourth-order valence-corrected chi connectivity index (χ4v) is 7.74. The Morgan fingerprint density at radius 1 is 0.971 bits per heavy atom. The third-order valence-corrected chi connectivity index (χ3v) is 9.40. The summed E-state index contributed by atoms with van der Waals surface area (Å²) in [6, 6.07) is 25.8. The highest BCUT2D eigenvalue weighted by Gasteiger charge is 2.51. The number of benzene rings is 4. The van der Waals surface area contributed by atoms with Crippen molar-refractivity contribution in [2.75, 3.05) is 5.32 Å². The number of hydrogen-bond acceptors (Lipinski definition) is 4. The summed E-state index contributed by atoms with van der Waals surface area (Å²) in [6.07, 6.45) is 0.713. The van der Waals surface area contributed by atoms with Gasteiger partial charge in [0.1, 0.15) is 5.82 Å². The van der Waals surface area contributed by atoms with Crippen molar-refractivity contribution in [3.05, 3.63) is 112 Å². The second-order valence-corrected chi connectivity index (χ2v) is 10.9. The summed E-state index contributed by atoms with van der Waals surface area (Å²) in [5, 5.41) is 17.2. The van der Waals surface area contributed by atoms with E-state index in [0.717, 1.165) is 22.0 Å². The molecule has 1 N–H and O–H groups in total. The summed E-state index contributed by atoms with van der Waals surface area (Å²) in [5.41, 5.74) is 2.85. The number of rotatable bonds is 4. The Labute approximate surface area is 211 Å². The van der Waals surface area contributed by atoms with E-state index in [1.807, 2.05) is 30.3 Å². The topological polar surface area (TPSA) is 55.2 Å². The van der Waals surface area contributed by atoms with Gasteiger partial charge in [-0.05, 0) is 46.9 Å². The lowest BCUT2D eigenvalue weighted by atomic mass is 9.75. The number of hydrogen-bond donors (Lipinski definition) is 1. The molecule has 0 spiro atoms. The predicted octanol–water partition coefficient (Wildman–Crippen LogP) is 7.93. The molecule has 0 bridgehead atoms. The molecule has 0 saturated heterocycles. The molecule has 0 unspecified atom stereocenters. The first-order valence-electron chi connectivity index (χ1n) is 11.6. The Balaban J connectivity index is 1.47. The zero-order valence-corrected chi connectivity index (χ0v) is 20.2. The van der Waals surface area contributed by atoms with Crippen molar-refractivity contribution in [1.29, 1.82) is 0 Å². The maximum absolute atomic E-state index is 15.0. The van der Waals surface area contributed by atoms with Gasteiger partial charge in [0.25, 0.3) is 5.69 Å². The standard InChI is InChI=1S/C28H22ClFN2O2S/c29-27-24(35-23-12-6-5-11-22(23)32(33)34)15-19-26(27)25-17-8-2-1-7-16(17)13-14-21(25)31-28(19)18-9-3-4-10-20(18)30/h1-14,19,24,26-28,31H,15H2/t19-,24+,26+,27+,28+/m1/s1. The van der Waals surface area contributed by atoms with E-state index in [0.29, 0.717) is 16.9 Å². The van der Waals surface area contributed by atoms with E-state index in [4.69, 9.17) is 11.6 Å². The molecule has 5 atom stereocenters. The highest BCUT2D eigenvalue weighted by atomic mass is 35.5. The first kappa shape index (κ1) is 22.4. The number of anilines is 1. The highest BCUT2D eigenvalue weighted by Crippen LogP contribution is 2.59. The van der Waals surface area contributed by atoms with Gasteiger partial charge in [0.05, 0.1) is 21.2 Å². The number of nitro groups is 1. The Morgan fingerprint density at radius 3 is 2.54 bits per heavy atom. The van der Waals surface area contributed by atoms with Gasteiger partial charge in [0, 0.05) is 28.5 Å². The van der Waals surface area contributed by atoms with Crippen LogP contribution in [0.5, 0.6) is 0 Å². The first-order valence-corrected chi connectivity index (χ1v) is 12.9. The van der Waals surface area contributed by atoms with Crippen molar-refractivity contribution in [3.63, 3.8) is 0 Å². The van der Waals surface area contributed by atoms with Crippen LogP contribution < -0.4 is 5.32 Å². The maximum Gasteiger partial charge on any atom is 0.282 e. The second kappa shape index (κ2) is 8.85. The van der Waals surface area contributed by atoms with Crippen LogP contribution in [0.3, 0.4) is 0 Å². The van der Waals surface area contributed by atoms with E-state index in [-0.39, 0.29) is 44.9 Å². The fourth-order valence-electron chi connectivity index (χ4n) is 5.80. The van der Waals surface area contributed by atoms with Crippen LogP contribution in [0.15, 0.2) is 89.8 Å². The Hall–Kier alpha value is -3.09. The minimum atomic E-state index is -0.347. The molecule has 1 aliphatic carbocycles. The van der Waals surface area contributed by atoms with Crippen LogP contribution in [0.4, 0.5) is 15.8 Å². The van der Waals surface area contributed by atoms with Gasteiger partial charge in [-0.3, -0.25) is 10.1 Å². The largest absolute Gasteiger partial charge is 0.378 e. The molecule has 1 fully saturated rings. The van der Waals surface area contributed by atoms with Crippen molar-refractivity contribution < 1.29 is 9.31 Å². The number of nitrogens with zero attached hydrogens (tertiary/aromatic N) is 1. The lowest BCUT2D eigenvalue weighted by Gasteiger charge is -2.39. The number of halogens is 2. The third-order valence-electron chi connectivity index (χ3n) is 7.29. The fraction of sp³-hybridized carbons (Fsp3) is 0.214. The number of alkyl halides is 1. The summed E-state index contributed by atoms with van der Waals surface area (Å²) in [4.78, 5) is 11.9. The van der Waals surface area contributed by atoms with Crippen LogP contribution in [0.1, 0.15) is 29.5 Å². The summed E-state index contributed by atoms with van der Waals surface area (Å²) in [5.74, 6) is -0.231. The smallest absolute Gasteiger partial charge is 0.282 e. The molecule has 0 aromatic heterocycles. The van der Waals surface area contributed by atoms with Crippen molar-refractivity contribution in [1.82, 2.24) is 0 Å². The van der Waals surface area contributed by atoms with Crippen LogP contribution in [0.25, 0.3) is 10.8 Å². The van der Waals surface area contributed by atoms with E-state index in [1.165, 1.54) is 23.9 Å². The van der Waals surface area contributed by atoms with Gasteiger partial charge in [0.2, 0.25) is 0 Å². The van der Waals surface area contributed by atoms with Crippen LogP contribution in [0, 0.1) is 21.8 Å². The number of nitro benzene ring substituents is 1. The minimum Gasteiger partial charge on any atom is -0.378 e. The Morgan fingerprint density at radius 2 is 1.71 bits per heavy atom. The average molecular weight is 505 g/mol. The molecule has 1 aliphatic heterocycles. The van der Waals surface area contributed by atoms with Gasteiger partial charge in [-0.1, -0.05) is 60.7 Å². The lowest BCUT2D eigenvalue weighted by Crippen LogP contribution is -2.31. The normalized spacial score (nSPS) is 25.0. The molecule has 4 nitrogen and oxygen atoms in total. The highest BCUT2D eigenvalue weighted by molar-refractivity contribution is 8.00. The van der Waals surface area contributed by atoms with Gasteiger partial charge in [-0.15, -0.1) is 23.4 Å². The molecule has 7 heteroatoms. The molecule has 0 radical (unpaired) electrons. The van der Waals surface area contributed by atoms with Gasteiger partial charge in [-0.25, -0.2) is 4.39 Å². The molecular weight excluding hydrogens is 483 g/mol. The maximum atomic E-state index is 15.0. The van der Waals surface area contributed by atoms with E-state index in [1.54, 1.807) is 18.2 Å². The summed E-state index contributed by atoms with van der Waals surface area (Å²) in [7, 11) is 0. The Kier molecular flexibility index (Phi) is 5.66. The number of fused-ring (bicyclic) bond motifs is 5. The van der Waals surface area contributed by atoms with E-state index in [9.17, 15) is 14.5 Å². The lowest BCUT2D eigenvalue weighted by molar-refractivity contribution is -0.387. The molecular formula is C28H22ClFN2O2S. The quantitative estimate of drug-likeness (QED) is 0.174. The van der Waals surface area contributed by atoms with E-state index < -0.39 is 0 Å². The zero-order valence-electron chi connectivity index (χ0n) is 18.6. The van der Waals surface area contributed by atoms with Gasteiger partial charge in [-0.2, -0.15) is 0 Å². The minimum absolute atomic E-state index is 0.0242. The van der Waals surface area contributed by atoms with Crippen molar-refractivity contribution in [3.8, 4) is 0 Å². The average Bonchev–Trinajstić information content (AvgIpc) is 3.19. The third kappa shape index (κ3) is 3.76.